The second-order valence-electron chi connectivity index (χ2n) is 6.60. The van der Waals surface area contributed by atoms with E-state index in [0.29, 0.717) is 35.0 Å². The number of hydrogen-bond donors (Lipinski definition) is 1. The number of imidazole rings is 1. The molecule has 142 valence electrons. The van der Waals surface area contributed by atoms with Gasteiger partial charge in [0.1, 0.15) is 5.69 Å². The molecule has 1 aromatic carbocycles. The molecule has 1 aliphatic heterocycles. The van der Waals surface area contributed by atoms with Gasteiger partial charge in [-0.3, -0.25) is 14.3 Å². The standard InChI is InChI=1S/C19H16FN5O2S/c1-27-17-3-2-11(6-13(17)20)15-9-25-16(10-28-19(25)22-15)18(26)24-5-4-14-12(8-24)7-21-23-14/h2-3,6-7,9-10H,4-5,8H2,1H3,(H,21,23). The number of aromatic amines is 1. The highest BCUT2D eigenvalue weighted by atomic mass is 32.1. The Kier molecular flexibility index (Phi) is 3.90. The van der Waals surface area contributed by atoms with Gasteiger partial charge in [-0.1, -0.05) is 0 Å². The van der Waals surface area contributed by atoms with Gasteiger partial charge in [0.05, 0.1) is 19.0 Å². The number of benzene rings is 1. The van der Waals surface area contributed by atoms with Crippen molar-refractivity contribution in [2.45, 2.75) is 13.0 Å². The van der Waals surface area contributed by atoms with E-state index in [0.717, 1.165) is 17.7 Å². The molecule has 28 heavy (non-hydrogen) atoms. The van der Waals surface area contributed by atoms with Crippen molar-refractivity contribution in [1.82, 2.24) is 24.5 Å². The van der Waals surface area contributed by atoms with Gasteiger partial charge in [-0.05, 0) is 18.2 Å². The second kappa shape index (κ2) is 6.45. The number of carbonyl (C=O) groups excluding carboxylic acids is 1. The Morgan fingerprint density at radius 3 is 3.11 bits per heavy atom. The summed E-state index contributed by atoms with van der Waals surface area (Å²) in [5.41, 5.74) is 3.93. The molecule has 0 fully saturated rings. The summed E-state index contributed by atoms with van der Waals surface area (Å²) in [4.78, 5) is 20.1. The fourth-order valence-electron chi connectivity index (χ4n) is 3.46. The van der Waals surface area contributed by atoms with Crippen LogP contribution < -0.4 is 4.74 Å². The van der Waals surface area contributed by atoms with Crippen molar-refractivity contribution in [2.24, 2.45) is 0 Å². The lowest BCUT2D eigenvalue weighted by atomic mass is 10.1. The van der Waals surface area contributed by atoms with Gasteiger partial charge < -0.3 is 9.64 Å². The summed E-state index contributed by atoms with van der Waals surface area (Å²) in [5, 5.41) is 8.84. The number of halogens is 1. The molecule has 1 amide bonds. The molecule has 4 aromatic rings. The number of nitrogens with one attached hydrogen (secondary N) is 1. The molecule has 5 rings (SSSR count). The van der Waals surface area contributed by atoms with Crippen LogP contribution >= 0.6 is 11.3 Å². The molecule has 0 radical (unpaired) electrons. The van der Waals surface area contributed by atoms with Gasteiger partial charge in [-0.2, -0.15) is 5.10 Å². The first-order valence-corrected chi connectivity index (χ1v) is 9.63. The maximum atomic E-state index is 14.0. The van der Waals surface area contributed by atoms with E-state index in [9.17, 15) is 9.18 Å². The number of thiazole rings is 1. The summed E-state index contributed by atoms with van der Waals surface area (Å²) in [7, 11) is 1.43. The van der Waals surface area contributed by atoms with E-state index in [-0.39, 0.29) is 11.7 Å². The molecule has 3 aromatic heterocycles. The Hall–Kier alpha value is -3.20. The molecule has 1 N–H and O–H groups in total. The van der Waals surface area contributed by atoms with Crippen molar-refractivity contribution < 1.29 is 13.9 Å². The van der Waals surface area contributed by atoms with E-state index in [2.05, 4.69) is 15.2 Å². The predicted octanol–water partition coefficient (Wildman–Crippen LogP) is 3.13. The number of rotatable bonds is 3. The maximum absolute atomic E-state index is 14.0. The van der Waals surface area contributed by atoms with Gasteiger partial charge in [-0.25, -0.2) is 9.37 Å². The molecule has 0 bridgehead atoms. The van der Waals surface area contributed by atoms with Crippen molar-refractivity contribution in [3.05, 3.63) is 58.7 Å². The third-order valence-corrected chi connectivity index (χ3v) is 5.80. The molecule has 0 spiro atoms. The van der Waals surface area contributed by atoms with E-state index in [1.807, 2.05) is 10.3 Å². The molecule has 7 nitrogen and oxygen atoms in total. The quantitative estimate of drug-likeness (QED) is 0.576. The largest absolute Gasteiger partial charge is 0.494 e. The first kappa shape index (κ1) is 16.9. The SMILES string of the molecule is COc1ccc(-c2cn3c(C(=O)N4CCc5[nH]ncc5C4)csc3n2)cc1F. The minimum Gasteiger partial charge on any atom is -0.494 e. The van der Waals surface area contributed by atoms with Gasteiger partial charge in [0.2, 0.25) is 0 Å². The van der Waals surface area contributed by atoms with Gasteiger partial charge >= 0.3 is 0 Å². The lowest BCUT2D eigenvalue weighted by molar-refractivity contribution is 0.0727. The number of H-pyrrole nitrogens is 1. The van der Waals surface area contributed by atoms with E-state index in [4.69, 9.17) is 4.74 Å². The van der Waals surface area contributed by atoms with E-state index in [1.165, 1.54) is 24.5 Å². The number of aromatic nitrogens is 4. The number of amides is 1. The zero-order valence-corrected chi connectivity index (χ0v) is 15.8. The van der Waals surface area contributed by atoms with Gasteiger partial charge in [-0.15, -0.1) is 11.3 Å². The molecule has 4 heterocycles. The lowest BCUT2D eigenvalue weighted by Gasteiger charge is -2.26. The van der Waals surface area contributed by atoms with Crippen LogP contribution in [0.4, 0.5) is 4.39 Å². The van der Waals surface area contributed by atoms with Crippen molar-refractivity contribution >= 4 is 22.2 Å². The van der Waals surface area contributed by atoms with Gasteiger partial charge in [0, 0.05) is 47.9 Å². The van der Waals surface area contributed by atoms with E-state index >= 15 is 0 Å². The Balaban J connectivity index is 1.47. The molecule has 1 aliphatic rings. The Labute approximate surface area is 163 Å². The Bertz CT molecular complexity index is 1190. The first-order chi connectivity index (χ1) is 13.6. The van der Waals surface area contributed by atoms with Crippen molar-refractivity contribution in [3.63, 3.8) is 0 Å². The van der Waals surface area contributed by atoms with Crippen LogP contribution in [0.5, 0.6) is 5.75 Å². The third kappa shape index (κ3) is 2.66. The summed E-state index contributed by atoms with van der Waals surface area (Å²) >= 11 is 1.39. The van der Waals surface area contributed by atoms with Crippen molar-refractivity contribution in [1.29, 1.82) is 0 Å². The van der Waals surface area contributed by atoms with Crippen molar-refractivity contribution in [3.8, 4) is 17.0 Å². The van der Waals surface area contributed by atoms with Crippen LogP contribution in [0.2, 0.25) is 0 Å². The number of hydrogen-bond acceptors (Lipinski definition) is 5. The summed E-state index contributed by atoms with van der Waals surface area (Å²) in [6.07, 6.45) is 4.30. The fraction of sp³-hybridized carbons (Fsp3) is 0.211. The highest BCUT2D eigenvalue weighted by Gasteiger charge is 2.25. The monoisotopic (exact) mass is 397 g/mol. The number of fused-ring (bicyclic) bond motifs is 2. The number of methoxy groups -OCH3 is 1. The third-order valence-electron chi connectivity index (χ3n) is 4.96. The zero-order chi connectivity index (χ0) is 19.3. The number of carbonyl (C=O) groups is 1. The molecule has 0 saturated heterocycles. The normalized spacial score (nSPS) is 13.7. The summed E-state index contributed by atoms with van der Waals surface area (Å²) < 4.78 is 20.8. The number of nitrogens with zero attached hydrogens (tertiary/aromatic N) is 4. The van der Waals surface area contributed by atoms with E-state index < -0.39 is 5.82 Å². The summed E-state index contributed by atoms with van der Waals surface area (Å²) in [5.74, 6) is -0.316. The minimum atomic E-state index is -0.447. The lowest BCUT2D eigenvalue weighted by Crippen LogP contribution is -2.36. The van der Waals surface area contributed by atoms with Crippen LogP contribution in [0.25, 0.3) is 16.2 Å². The minimum absolute atomic E-state index is 0.0528. The molecule has 0 saturated carbocycles. The van der Waals surface area contributed by atoms with Crippen LogP contribution in [-0.4, -0.2) is 44.0 Å². The zero-order valence-electron chi connectivity index (χ0n) is 15.0. The molecule has 0 atom stereocenters. The smallest absolute Gasteiger partial charge is 0.272 e. The highest BCUT2D eigenvalue weighted by molar-refractivity contribution is 7.15. The molecular weight excluding hydrogens is 381 g/mol. The van der Waals surface area contributed by atoms with Crippen LogP contribution in [0.3, 0.4) is 0 Å². The average molecular weight is 397 g/mol. The summed E-state index contributed by atoms with van der Waals surface area (Å²) in [6.45, 7) is 1.17. The molecule has 0 aliphatic carbocycles. The van der Waals surface area contributed by atoms with Gasteiger partial charge in [0.25, 0.3) is 5.91 Å². The highest BCUT2D eigenvalue weighted by Crippen LogP contribution is 2.28. The fourth-order valence-corrected chi connectivity index (χ4v) is 4.31. The van der Waals surface area contributed by atoms with E-state index in [1.54, 1.807) is 28.9 Å². The number of ether oxygens (including phenoxy) is 1. The Morgan fingerprint density at radius 1 is 1.39 bits per heavy atom. The van der Waals surface area contributed by atoms with Crippen LogP contribution in [0, 0.1) is 5.82 Å². The molecule has 9 heteroatoms. The van der Waals surface area contributed by atoms with Crippen molar-refractivity contribution in [2.75, 3.05) is 13.7 Å². The van der Waals surface area contributed by atoms with Crippen LogP contribution in [-0.2, 0) is 13.0 Å². The predicted molar refractivity (Wildman–Crippen MR) is 102 cm³/mol. The first-order valence-electron chi connectivity index (χ1n) is 8.75. The van der Waals surface area contributed by atoms with Crippen LogP contribution in [0.15, 0.2) is 36.0 Å². The van der Waals surface area contributed by atoms with Crippen LogP contribution in [0.1, 0.15) is 21.7 Å². The molecular formula is C19H16FN5O2S. The molecule has 0 unspecified atom stereocenters. The van der Waals surface area contributed by atoms with Gasteiger partial charge in [0.15, 0.2) is 16.5 Å². The second-order valence-corrected chi connectivity index (χ2v) is 7.44. The maximum Gasteiger partial charge on any atom is 0.272 e. The topological polar surface area (TPSA) is 75.5 Å². The summed E-state index contributed by atoms with van der Waals surface area (Å²) in [6, 6.07) is 4.71. The average Bonchev–Trinajstić information content (AvgIpc) is 3.42. The Morgan fingerprint density at radius 2 is 2.29 bits per heavy atom.